The molecule has 0 atom stereocenters. The highest BCUT2D eigenvalue weighted by molar-refractivity contribution is 7.89. The smallest absolute Gasteiger partial charge is 0.240 e. The molecule has 0 amide bonds. The Balaban J connectivity index is 2.80. The molecule has 0 saturated carbocycles. The van der Waals surface area contributed by atoms with E-state index in [4.69, 9.17) is 4.74 Å². The van der Waals surface area contributed by atoms with Gasteiger partial charge in [-0.05, 0) is 43.0 Å². The minimum Gasteiger partial charge on any atom is -0.493 e. The molecule has 0 aromatic heterocycles. The molecule has 0 saturated heterocycles. The lowest BCUT2D eigenvalue weighted by molar-refractivity contribution is 0.307. The second-order valence-corrected chi connectivity index (χ2v) is 7.14. The molecular weight excluding hydrogens is 274 g/mol. The number of unbranched alkanes of at least 4 members (excludes halogenated alkanes) is 1. The van der Waals surface area contributed by atoms with Gasteiger partial charge in [-0.25, -0.2) is 13.1 Å². The molecule has 0 aliphatic heterocycles. The first-order valence-corrected chi connectivity index (χ1v) is 8.58. The Kier molecular flexibility index (Phi) is 6.49. The van der Waals surface area contributed by atoms with E-state index in [9.17, 15) is 8.42 Å². The van der Waals surface area contributed by atoms with E-state index in [1.807, 2.05) is 20.8 Å². The number of rotatable bonds is 8. The van der Waals surface area contributed by atoms with Gasteiger partial charge in [0.25, 0.3) is 0 Å². The van der Waals surface area contributed by atoms with Crippen molar-refractivity contribution in [3.63, 3.8) is 0 Å². The molecule has 0 heterocycles. The third-order valence-electron chi connectivity index (χ3n) is 2.89. The Morgan fingerprint density at radius 3 is 2.55 bits per heavy atom. The molecule has 1 aromatic carbocycles. The van der Waals surface area contributed by atoms with Crippen molar-refractivity contribution in [1.29, 1.82) is 0 Å². The summed E-state index contributed by atoms with van der Waals surface area (Å²) in [5.41, 5.74) is 0.841. The monoisotopic (exact) mass is 299 g/mol. The van der Waals surface area contributed by atoms with Gasteiger partial charge in [0.15, 0.2) is 0 Å². The molecule has 0 bridgehead atoms. The maximum absolute atomic E-state index is 12.1. The average Bonchev–Trinajstić information content (AvgIpc) is 2.38. The van der Waals surface area contributed by atoms with E-state index in [-0.39, 0.29) is 5.92 Å². The SMILES string of the molecule is CCCCOc1ccc(S(=O)(=O)NCC(C)C)cc1C. The van der Waals surface area contributed by atoms with E-state index in [1.165, 1.54) is 0 Å². The van der Waals surface area contributed by atoms with Gasteiger partial charge in [-0.1, -0.05) is 27.2 Å². The summed E-state index contributed by atoms with van der Waals surface area (Å²) < 4.78 is 32.5. The normalized spacial score (nSPS) is 11.8. The van der Waals surface area contributed by atoms with E-state index in [1.54, 1.807) is 18.2 Å². The standard InChI is InChI=1S/C15H25NO3S/c1-5-6-9-19-15-8-7-14(10-13(15)4)20(17,18)16-11-12(2)3/h7-8,10,12,16H,5-6,9,11H2,1-4H3. The fraction of sp³-hybridized carbons (Fsp3) is 0.600. The first kappa shape index (κ1) is 17.0. The molecular formula is C15H25NO3S. The molecule has 5 heteroatoms. The average molecular weight is 299 g/mol. The lowest BCUT2D eigenvalue weighted by Gasteiger charge is -2.12. The predicted molar refractivity (Wildman–Crippen MR) is 81.6 cm³/mol. The lowest BCUT2D eigenvalue weighted by Crippen LogP contribution is -2.27. The Morgan fingerprint density at radius 1 is 1.30 bits per heavy atom. The molecule has 114 valence electrons. The topological polar surface area (TPSA) is 55.4 Å². The van der Waals surface area contributed by atoms with Crippen LogP contribution in [0.25, 0.3) is 0 Å². The number of ether oxygens (including phenoxy) is 1. The highest BCUT2D eigenvalue weighted by atomic mass is 32.2. The van der Waals surface area contributed by atoms with Crippen LogP contribution in [0.5, 0.6) is 5.75 Å². The molecule has 0 fully saturated rings. The summed E-state index contributed by atoms with van der Waals surface area (Å²) in [5.74, 6) is 1.03. The number of nitrogens with one attached hydrogen (secondary N) is 1. The second-order valence-electron chi connectivity index (χ2n) is 5.38. The van der Waals surface area contributed by atoms with Gasteiger partial charge in [0, 0.05) is 6.54 Å². The van der Waals surface area contributed by atoms with Crippen molar-refractivity contribution in [3.8, 4) is 5.75 Å². The Morgan fingerprint density at radius 2 is 2.00 bits per heavy atom. The minimum atomic E-state index is -3.43. The van der Waals surface area contributed by atoms with E-state index >= 15 is 0 Å². The number of benzene rings is 1. The molecule has 0 aliphatic carbocycles. The van der Waals surface area contributed by atoms with Crippen LogP contribution in [0, 0.1) is 12.8 Å². The Hall–Kier alpha value is -1.07. The summed E-state index contributed by atoms with van der Waals surface area (Å²) in [5, 5.41) is 0. The summed E-state index contributed by atoms with van der Waals surface area (Å²) in [6.45, 7) is 9.01. The maximum atomic E-state index is 12.1. The lowest BCUT2D eigenvalue weighted by atomic mass is 10.2. The van der Waals surface area contributed by atoms with Gasteiger partial charge in [0.05, 0.1) is 11.5 Å². The minimum absolute atomic E-state index is 0.280. The summed E-state index contributed by atoms with van der Waals surface area (Å²) in [4.78, 5) is 0.290. The Labute approximate surface area is 122 Å². The molecule has 0 unspecified atom stereocenters. The quantitative estimate of drug-likeness (QED) is 0.750. The molecule has 0 spiro atoms. The van der Waals surface area contributed by atoms with Gasteiger partial charge in [0.1, 0.15) is 5.75 Å². The molecule has 0 aliphatic rings. The Bertz CT molecular complexity index is 524. The van der Waals surface area contributed by atoms with E-state index in [2.05, 4.69) is 11.6 Å². The van der Waals surface area contributed by atoms with Crippen LogP contribution in [0.1, 0.15) is 39.2 Å². The van der Waals surface area contributed by atoms with Crippen LogP contribution in [0.3, 0.4) is 0 Å². The van der Waals surface area contributed by atoms with Gasteiger partial charge >= 0.3 is 0 Å². The predicted octanol–water partition coefficient (Wildman–Crippen LogP) is 3.11. The summed E-state index contributed by atoms with van der Waals surface area (Å²) in [7, 11) is -3.43. The van der Waals surface area contributed by atoms with Crippen molar-refractivity contribution < 1.29 is 13.2 Å². The van der Waals surface area contributed by atoms with E-state index < -0.39 is 10.0 Å². The zero-order valence-electron chi connectivity index (χ0n) is 12.8. The number of aryl methyl sites for hydroxylation is 1. The summed E-state index contributed by atoms with van der Waals surface area (Å²) in [6.07, 6.45) is 2.07. The fourth-order valence-electron chi connectivity index (χ4n) is 1.64. The highest BCUT2D eigenvalue weighted by Gasteiger charge is 2.15. The fourth-order valence-corrected chi connectivity index (χ4v) is 2.94. The first-order valence-electron chi connectivity index (χ1n) is 7.10. The van der Waals surface area contributed by atoms with Crippen molar-refractivity contribution in [2.24, 2.45) is 5.92 Å². The zero-order valence-corrected chi connectivity index (χ0v) is 13.6. The van der Waals surface area contributed by atoms with Gasteiger partial charge < -0.3 is 4.74 Å². The van der Waals surface area contributed by atoms with Crippen LogP contribution in [0.4, 0.5) is 0 Å². The van der Waals surface area contributed by atoms with Gasteiger partial charge in [0.2, 0.25) is 10.0 Å². The molecule has 0 radical (unpaired) electrons. The van der Waals surface area contributed by atoms with Crippen LogP contribution >= 0.6 is 0 Å². The molecule has 1 rings (SSSR count). The van der Waals surface area contributed by atoms with Crippen molar-refractivity contribution >= 4 is 10.0 Å². The van der Waals surface area contributed by atoms with Gasteiger partial charge in [-0.3, -0.25) is 0 Å². The third-order valence-corrected chi connectivity index (χ3v) is 4.31. The van der Waals surface area contributed by atoms with Crippen LogP contribution in [-0.4, -0.2) is 21.6 Å². The van der Waals surface area contributed by atoms with E-state index in [0.717, 1.165) is 24.2 Å². The number of sulfonamides is 1. The molecule has 1 aromatic rings. The molecule has 1 N–H and O–H groups in total. The number of hydrogen-bond acceptors (Lipinski definition) is 3. The van der Waals surface area contributed by atoms with Gasteiger partial charge in [-0.2, -0.15) is 0 Å². The van der Waals surface area contributed by atoms with Crippen LogP contribution < -0.4 is 9.46 Å². The highest BCUT2D eigenvalue weighted by Crippen LogP contribution is 2.22. The second kappa shape index (κ2) is 7.64. The first-order chi connectivity index (χ1) is 9.36. The maximum Gasteiger partial charge on any atom is 0.240 e. The van der Waals surface area contributed by atoms with Crippen molar-refractivity contribution in [2.45, 2.75) is 45.4 Å². The van der Waals surface area contributed by atoms with Crippen LogP contribution in [0.2, 0.25) is 0 Å². The molecule has 20 heavy (non-hydrogen) atoms. The van der Waals surface area contributed by atoms with Gasteiger partial charge in [-0.15, -0.1) is 0 Å². The third kappa shape index (κ3) is 5.13. The van der Waals surface area contributed by atoms with E-state index in [0.29, 0.717) is 18.0 Å². The van der Waals surface area contributed by atoms with Crippen molar-refractivity contribution in [3.05, 3.63) is 23.8 Å². The zero-order chi connectivity index (χ0) is 15.2. The number of hydrogen-bond donors (Lipinski definition) is 1. The van der Waals surface area contributed by atoms with Crippen molar-refractivity contribution in [2.75, 3.05) is 13.2 Å². The van der Waals surface area contributed by atoms with Crippen LogP contribution in [-0.2, 0) is 10.0 Å². The molecule has 4 nitrogen and oxygen atoms in total. The summed E-state index contributed by atoms with van der Waals surface area (Å²) >= 11 is 0. The van der Waals surface area contributed by atoms with Crippen molar-refractivity contribution in [1.82, 2.24) is 4.72 Å². The summed E-state index contributed by atoms with van der Waals surface area (Å²) in [6, 6.07) is 4.98. The largest absolute Gasteiger partial charge is 0.493 e. The van der Waals surface area contributed by atoms with Crippen LogP contribution in [0.15, 0.2) is 23.1 Å².